The standard InChI is InChI=1S/C21H21ClFN5O4/c1-21(29,13-27-11-18(28(30)31)25-20(27)22)12-26-9-8-17-14(10-26)2-7-19(24-17)32-16-5-3-15(23)4-6-16/h2-7,11,29H,8-10,12-13H2,1H3. The first-order chi connectivity index (χ1) is 15.2. The summed E-state index contributed by atoms with van der Waals surface area (Å²) in [6.07, 6.45) is 1.89. The van der Waals surface area contributed by atoms with Crippen LogP contribution in [0.4, 0.5) is 10.2 Å². The van der Waals surface area contributed by atoms with Gasteiger partial charge >= 0.3 is 11.1 Å². The zero-order chi connectivity index (χ0) is 22.9. The summed E-state index contributed by atoms with van der Waals surface area (Å²) in [4.78, 5) is 20.6. The number of nitro groups is 1. The van der Waals surface area contributed by atoms with Crippen molar-refractivity contribution in [2.45, 2.75) is 32.0 Å². The molecule has 0 saturated carbocycles. The van der Waals surface area contributed by atoms with Crippen molar-refractivity contribution in [2.75, 3.05) is 13.1 Å². The van der Waals surface area contributed by atoms with E-state index in [1.807, 2.05) is 6.07 Å². The fraction of sp³-hybridized carbons (Fsp3) is 0.333. The molecule has 1 unspecified atom stereocenters. The summed E-state index contributed by atoms with van der Waals surface area (Å²) >= 11 is 5.97. The molecule has 1 N–H and O–H groups in total. The second-order valence-corrected chi connectivity index (χ2v) is 8.36. The SMILES string of the molecule is CC(O)(CN1CCc2nc(Oc3ccc(F)cc3)ccc2C1)Cn1cc([N+](=O)[O-])nc1Cl. The zero-order valence-corrected chi connectivity index (χ0v) is 18.0. The Kier molecular flexibility index (Phi) is 6.09. The first-order valence-electron chi connectivity index (χ1n) is 9.92. The average Bonchev–Trinajstić information content (AvgIpc) is 3.09. The van der Waals surface area contributed by atoms with Gasteiger partial charge < -0.3 is 20.0 Å². The molecule has 1 aromatic carbocycles. The molecule has 168 valence electrons. The second kappa shape index (κ2) is 8.81. The van der Waals surface area contributed by atoms with Gasteiger partial charge in [0.15, 0.2) is 0 Å². The number of imidazole rings is 1. The minimum absolute atomic E-state index is 0.0427. The summed E-state index contributed by atoms with van der Waals surface area (Å²) < 4.78 is 20.1. The quantitative estimate of drug-likeness (QED) is 0.423. The van der Waals surface area contributed by atoms with Gasteiger partial charge in [0.05, 0.1) is 17.8 Å². The maximum absolute atomic E-state index is 13.0. The highest BCUT2D eigenvalue weighted by Crippen LogP contribution is 2.26. The van der Waals surface area contributed by atoms with Crippen molar-refractivity contribution in [1.82, 2.24) is 19.4 Å². The predicted molar refractivity (Wildman–Crippen MR) is 114 cm³/mol. The van der Waals surface area contributed by atoms with E-state index < -0.39 is 10.5 Å². The third-order valence-electron chi connectivity index (χ3n) is 5.12. The van der Waals surface area contributed by atoms with Gasteiger partial charge in [0.1, 0.15) is 17.8 Å². The largest absolute Gasteiger partial charge is 0.439 e. The smallest absolute Gasteiger partial charge is 0.383 e. The van der Waals surface area contributed by atoms with Gasteiger partial charge in [-0.3, -0.25) is 9.47 Å². The molecule has 0 aliphatic carbocycles. The van der Waals surface area contributed by atoms with E-state index in [0.29, 0.717) is 37.7 Å². The summed E-state index contributed by atoms with van der Waals surface area (Å²) in [5.74, 6) is 0.251. The van der Waals surface area contributed by atoms with Gasteiger partial charge in [0, 0.05) is 32.1 Å². The van der Waals surface area contributed by atoms with Crippen LogP contribution in [0.1, 0.15) is 18.2 Å². The molecule has 32 heavy (non-hydrogen) atoms. The van der Waals surface area contributed by atoms with Gasteiger partial charge in [-0.2, -0.15) is 0 Å². The van der Waals surface area contributed by atoms with E-state index in [2.05, 4.69) is 14.9 Å². The molecule has 0 amide bonds. The molecule has 3 aromatic rings. The van der Waals surface area contributed by atoms with E-state index in [1.165, 1.54) is 22.9 Å². The molecule has 1 atom stereocenters. The Morgan fingerprint density at radius 3 is 2.69 bits per heavy atom. The third kappa shape index (κ3) is 5.21. The second-order valence-electron chi connectivity index (χ2n) is 8.02. The molecule has 0 spiro atoms. The Hall–Kier alpha value is -3.08. The van der Waals surface area contributed by atoms with Crippen LogP contribution < -0.4 is 4.74 Å². The maximum atomic E-state index is 13.0. The van der Waals surface area contributed by atoms with Crippen LogP contribution in [-0.2, 0) is 19.5 Å². The molecule has 4 rings (SSSR count). The lowest BCUT2D eigenvalue weighted by Gasteiger charge is -2.34. The van der Waals surface area contributed by atoms with Crippen molar-refractivity contribution >= 4 is 17.4 Å². The number of aliphatic hydroxyl groups is 1. The minimum Gasteiger partial charge on any atom is -0.439 e. The van der Waals surface area contributed by atoms with Gasteiger partial charge in [-0.1, -0.05) is 6.07 Å². The number of β-amino-alcohol motifs (C(OH)–C–C–N with tert-alkyl or cyclic N) is 1. The van der Waals surface area contributed by atoms with E-state index in [0.717, 1.165) is 11.3 Å². The van der Waals surface area contributed by atoms with Crippen LogP contribution in [0, 0.1) is 15.9 Å². The number of rotatable bonds is 7. The summed E-state index contributed by atoms with van der Waals surface area (Å²) in [7, 11) is 0. The third-order valence-corrected chi connectivity index (χ3v) is 5.42. The van der Waals surface area contributed by atoms with Crippen molar-refractivity contribution in [3.8, 4) is 11.6 Å². The zero-order valence-electron chi connectivity index (χ0n) is 17.2. The Labute approximate surface area is 188 Å². The molecule has 0 bridgehead atoms. The van der Waals surface area contributed by atoms with Gasteiger partial charge in [-0.15, -0.1) is 0 Å². The number of aromatic nitrogens is 3. The maximum Gasteiger partial charge on any atom is 0.383 e. The minimum atomic E-state index is -1.19. The van der Waals surface area contributed by atoms with Crippen LogP contribution >= 0.6 is 11.6 Å². The van der Waals surface area contributed by atoms with Crippen molar-refractivity contribution in [1.29, 1.82) is 0 Å². The number of ether oxygens (including phenoxy) is 1. The van der Waals surface area contributed by atoms with Crippen LogP contribution in [0.25, 0.3) is 0 Å². The van der Waals surface area contributed by atoms with Crippen LogP contribution in [0.3, 0.4) is 0 Å². The average molecular weight is 462 g/mol. The fourth-order valence-corrected chi connectivity index (χ4v) is 3.94. The highest BCUT2D eigenvalue weighted by molar-refractivity contribution is 6.28. The van der Waals surface area contributed by atoms with E-state index >= 15 is 0 Å². The summed E-state index contributed by atoms with van der Waals surface area (Å²) in [5, 5.41) is 21.7. The Balaban J connectivity index is 1.39. The highest BCUT2D eigenvalue weighted by Gasteiger charge is 2.30. The summed E-state index contributed by atoms with van der Waals surface area (Å²) in [6, 6.07) is 9.43. The lowest BCUT2D eigenvalue weighted by Crippen LogP contribution is -2.45. The number of hydrogen-bond donors (Lipinski definition) is 1. The molecule has 3 heterocycles. The Morgan fingerprint density at radius 2 is 2.00 bits per heavy atom. The van der Waals surface area contributed by atoms with E-state index in [-0.39, 0.29) is 23.5 Å². The molecule has 11 heteroatoms. The van der Waals surface area contributed by atoms with Crippen molar-refractivity contribution < 1.29 is 19.2 Å². The van der Waals surface area contributed by atoms with Gasteiger partial charge in [-0.05, 0) is 58.3 Å². The fourth-order valence-electron chi connectivity index (χ4n) is 3.75. The first kappa shape index (κ1) is 22.1. The molecule has 0 saturated heterocycles. The normalized spacial score (nSPS) is 15.8. The number of hydrogen-bond acceptors (Lipinski definition) is 7. The first-order valence-corrected chi connectivity index (χ1v) is 10.3. The molecule has 0 radical (unpaired) electrons. The molecule has 9 nitrogen and oxygen atoms in total. The van der Waals surface area contributed by atoms with Crippen molar-refractivity contribution in [3.63, 3.8) is 0 Å². The van der Waals surface area contributed by atoms with Gasteiger partial charge in [0.2, 0.25) is 5.88 Å². The van der Waals surface area contributed by atoms with Crippen LogP contribution in [0.2, 0.25) is 5.28 Å². The summed E-state index contributed by atoms with van der Waals surface area (Å²) in [5.41, 5.74) is 0.748. The van der Waals surface area contributed by atoms with Gasteiger partial charge in [0.25, 0.3) is 0 Å². The number of halogens is 2. The number of pyridine rings is 1. The van der Waals surface area contributed by atoms with Gasteiger partial charge in [-0.25, -0.2) is 9.37 Å². The van der Waals surface area contributed by atoms with Crippen molar-refractivity contribution in [2.24, 2.45) is 0 Å². The van der Waals surface area contributed by atoms with E-state index in [1.54, 1.807) is 25.1 Å². The molecule has 1 aliphatic rings. The number of fused-ring (bicyclic) bond motifs is 1. The Bertz CT molecular complexity index is 1140. The monoisotopic (exact) mass is 461 g/mol. The van der Waals surface area contributed by atoms with Crippen LogP contribution in [0.15, 0.2) is 42.6 Å². The van der Waals surface area contributed by atoms with Crippen LogP contribution in [-0.4, -0.2) is 48.2 Å². The van der Waals surface area contributed by atoms with Crippen LogP contribution in [0.5, 0.6) is 11.6 Å². The molecule has 0 fully saturated rings. The molecular formula is C21H21ClFN5O4. The molecule has 2 aromatic heterocycles. The number of nitrogens with zero attached hydrogens (tertiary/aromatic N) is 5. The number of benzene rings is 1. The Morgan fingerprint density at radius 1 is 1.25 bits per heavy atom. The molecular weight excluding hydrogens is 441 g/mol. The molecule has 1 aliphatic heterocycles. The summed E-state index contributed by atoms with van der Waals surface area (Å²) in [6.45, 7) is 3.32. The lowest BCUT2D eigenvalue weighted by molar-refractivity contribution is -0.389. The van der Waals surface area contributed by atoms with E-state index in [4.69, 9.17) is 16.3 Å². The topological polar surface area (TPSA) is 107 Å². The van der Waals surface area contributed by atoms with E-state index in [9.17, 15) is 19.6 Å². The lowest BCUT2D eigenvalue weighted by atomic mass is 10.0. The predicted octanol–water partition coefficient (Wildman–Crippen LogP) is 3.58. The van der Waals surface area contributed by atoms with Crippen molar-refractivity contribution in [3.05, 3.63) is 75.1 Å². The highest BCUT2D eigenvalue weighted by atomic mass is 35.5.